The van der Waals surface area contributed by atoms with Crippen LogP contribution in [0, 0.1) is 0 Å². The highest BCUT2D eigenvalue weighted by molar-refractivity contribution is 5.94. The van der Waals surface area contributed by atoms with Crippen molar-refractivity contribution < 1.29 is 0 Å². The number of hydrogen-bond acceptors (Lipinski definition) is 5. The van der Waals surface area contributed by atoms with E-state index in [0.717, 1.165) is 36.3 Å². The van der Waals surface area contributed by atoms with E-state index in [-0.39, 0.29) is 12.3 Å². The average Bonchev–Trinajstić information content (AvgIpc) is 2.65. The number of aliphatic imine (C=N–C) groups is 2. The molecular weight excluding hydrogens is 346 g/mol. The van der Waals surface area contributed by atoms with Crippen molar-refractivity contribution in [3.8, 4) is 0 Å². The minimum Gasteiger partial charge on any atom is -0.389 e. The van der Waals surface area contributed by atoms with Gasteiger partial charge in [0.15, 0.2) is 0 Å². The van der Waals surface area contributed by atoms with Crippen LogP contribution in [-0.4, -0.2) is 32.1 Å². The van der Waals surface area contributed by atoms with E-state index in [1.807, 2.05) is 50.7 Å². The number of allylic oxidation sites excluding steroid dienone is 4. The molecule has 0 heterocycles. The molecule has 2 aromatic rings. The third kappa shape index (κ3) is 8.58. The van der Waals surface area contributed by atoms with Crippen molar-refractivity contribution in [1.82, 2.24) is 17.6 Å². The molecule has 0 aliphatic rings. The van der Waals surface area contributed by atoms with Crippen molar-refractivity contribution in [3.63, 3.8) is 0 Å². The van der Waals surface area contributed by atoms with Crippen LogP contribution in [-0.2, 0) is 0 Å². The summed E-state index contributed by atoms with van der Waals surface area (Å²) in [5, 5.41) is 5.64. The number of fused-ring (bicyclic) bond motifs is 1. The van der Waals surface area contributed by atoms with E-state index in [9.17, 15) is 0 Å². The second-order valence-corrected chi connectivity index (χ2v) is 5.89. The first kappa shape index (κ1) is 25.0. The molecule has 2 rings (SSSR count). The minimum atomic E-state index is 0. The van der Waals surface area contributed by atoms with Crippen LogP contribution in [0.2, 0.25) is 0 Å². The molecule has 7 N–H and O–H groups in total. The maximum Gasteiger partial charge on any atom is 0.0562 e. The van der Waals surface area contributed by atoms with Crippen LogP contribution >= 0.6 is 0 Å². The SMILES string of the molecule is C=C(/C=C\C)/C=C/NCCN=Cc1ccc2cc(C=NCC)ccc2c1.N.N. The average molecular weight is 380 g/mol. The molecule has 28 heavy (non-hydrogen) atoms. The number of rotatable bonds is 9. The molecule has 0 spiro atoms. The molecule has 0 aliphatic heterocycles. The summed E-state index contributed by atoms with van der Waals surface area (Å²) in [6.07, 6.45) is 11.6. The van der Waals surface area contributed by atoms with E-state index < -0.39 is 0 Å². The molecular formula is C23H33N5. The van der Waals surface area contributed by atoms with Gasteiger partial charge in [0, 0.05) is 25.5 Å². The van der Waals surface area contributed by atoms with E-state index in [1.165, 1.54) is 10.8 Å². The fourth-order valence-electron chi connectivity index (χ4n) is 2.46. The molecule has 5 heteroatoms. The van der Waals surface area contributed by atoms with Gasteiger partial charge in [0.05, 0.1) is 6.54 Å². The molecule has 0 aliphatic carbocycles. The second kappa shape index (κ2) is 14.1. The van der Waals surface area contributed by atoms with Crippen molar-refractivity contribution in [2.75, 3.05) is 19.6 Å². The van der Waals surface area contributed by atoms with Gasteiger partial charge in [-0.05, 0) is 65.7 Å². The predicted molar refractivity (Wildman–Crippen MR) is 126 cm³/mol. The third-order valence-corrected chi connectivity index (χ3v) is 3.73. The van der Waals surface area contributed by atoms with Crippen LogP contribution in [0.25, 0.3) is 10.8 Å². The van der Waals surface area contributed by atoms with Crippen LogP contribution in [0.1, 0.15) is 25.0 Å². The monoisotopic (exact) mass is 379 g/mol. The lowest BCUT2D eigenvalue weighted by molar-refractivity contribution is 0.845. The molecule has 2 aromatic carbocycles. The molecule has 0 amide bonds. The molecule has 0 aromatic heterocycles. The lowest BCUT2D eigenvalue weighted by Crippen LogP contribution is -2.09. The Morgan fingerprint density at radius 2 is 1.57 bits per heavy atom. The van der Waals surface area contributed by atoms with Gasteiger partial charge in [0.25, 0.3) is 0 Å². The van der Waals surface area contributed by atoms with Gasteiger partial charge in [-0.3, -0.25) is 9.98 Å². The van der Waals surface area contributed by atoms with Crippen molar-refractivity contribution >= 4 is 23.2 Å². The Kier molecular flexibility index (Phi) is 12.6. The molecule has 0 unspecified atom stereocenters. The van der Waals surface area contributed by atoms with Gasteiger partial charge < -0.3 is 17.6 Å². The standard InChI is InChI=1S/C23H27N3.2H3N/c1-4-6-19(3)11-12-25-13-14-26-18-21-8-10-22-15-20(17-24-5-2)7-9-23(22)16-21;;/h4,6-12,15-18,25H,3,5,13-14H2,1-2H3;2*1H3/b6-4-,12-11+,24-17?,26-18?;;. The summed E-state index contributed by atoms with van der Waals surface area (Å²) in [4.78, 5) is 8.77. The lowest BCUT2D eigenvalue weighted by Gasteiger charge is -2.02. The summed E-state index contributed by atoms with van der Waals surface area (Å²) in [7, 11) is 0. The van der Waals surface area contributed by atoms with Crippen LogP contribution in [0.4, 0.5) is 0 Å². The Morgan fingerprint density at radius 1 is 0.964 bits per heavy atom. The summed E-state index contributed by atoms with van der Waals surface area (Å²) < 4.78 is 0. The largest absolute Gasteiger partial charge is 0.389 e. The van der Waals surface area contributed by atoms with Crippen LogP contribution in [0.15, 0.2) is 83.0 Å². The molecule has 150 valence electrons. The van der Waals surface area contributed by atoms with E-state index in [2.05, 4.69) is 58.3 Å². The zero-order chi connectivity index (χ0) is 18.6. The van der Waals surface area contributed by atoms with Crippen molar-refractivity contribution in [2.24, 2.45) is 9.98 Å². The van der Waals surface area contributed by atoms with Gasteiger partial charge in [-0.1, -0.05) is 43.0 Å². The van der Waals surface area contributed by atoms with E-state index in [1.54, 1.807) is 0 Å². The number of hydrogen-bond donors (Lipinski definition) is 3. The van der Waals surface area contributed by atoms with Gasteiger partial charge in [0.1, 0.15) is 0 Å². The van der Waals surface area contributed by atoms with E-state index >= 15 is 0 Å². The summed E-state index contributed by atoms with van der Waals surface area (Å²) in [5.41, 5.74) is 3.23. The Balaban J connectivity index is 0.00000364. The second-order valence-electron chi connectivity index (χ2n) is 5.89. The topological polar surface area (TPSA) is 107 Å². The minimum absolute atomic E-state index is 0. The van der Waals surface area contributed by atoms with Crippen molar-refractivity contribution in [2.45, 2.75) is 13.8 Å². The van der Waals surface area contributed by atoms with Crippen LogP contribution in [0.3, 0.4) is 0 Å². The fraction of sp³-hybridized carbons (Fsp3) is 0.217. The molecule has 0 saturated carbocycles. The molecule has 0 fully saturated rings. The maximum atomic E-state index is 4.48. The zero-order valence-electron chi connectivity index (χ0n) is 17.1. The zero-order valence-corrected chi connectivity index (χ0v) is 17.1. The first-order valence-electron chi connectivity index (χ1n) is 8.98. The summed E-state index contributed by atoms with van der Waals surface area (Å²) >= 11 is 0. The summed E-state index contributed by atoms with van der Waals surface area (Å²) in [6, 6.07) is 12.8. The van der Waals surface area contributed by atoms with Crippen LogP contribution < -0.4 is 17.6 Å². The molecule has 5 nitrogen and oxygen atoms in total. The first-order chi connectivity index (χ1) is 12.7. The highest BCUT2D eigenvalue weighted by Crippen LogP contribution is 2.16. The number of nitrogens with zero attached hydrogens (tertiary/aromatic N) is 2. The Morgan fingerprint density at radius 3 is 2.14 bits per heavy atom. The molecule has 0 radical (unpaired) electrons. The molecule has 0 atom stereocenters. The first-order valence-corrected chi connectivity index (χ1v) is 8.98. The smallest absolute Gasteiger partial charge is 0.0562 e. The van der Waals surface area contributed by atoms with Crippen molar-refractivity contribution in [1.29, 1.82) is 0 Å². The highest BCUT2D eigenvalue weighted by atomic mass is 14.9. The maximum absolute atomic E-state index is 4.48. The van der Waals surface area contributed by atoms with E-state index in [0.29, 0.717) is 0 Å². The van der Waals surface area contributed by atoms with Gasteiger partial charge >= 0.3 is 0 Å². The van der Waals surface area contributed by atoms with Gasteiger partial charge in [-0.15, -0.1) is 0 Å². The predicted octanol–water partition coefficient (Wildman–Crippen LogP) is 5.26. The Bertz CT molecular complexity index is 847. The Labute approximate surface area is 168 Å². The third-order valence-electron chi connectivity index (χ3n) is 3.73. The number of nitrogens with one attached hydrogen (secondary N) is 1. The van der Waals surface area contributed by atoms with Crippen LogP contribution in [0.5, 0.6) is 0 Å². The lowest BCUT2D eigenvalue weighted by atomic mass is 10.0. The normalized spacial score (nSPS) is 11.4. The highest BCUT2D eigenvalue weighted by Gasteiger charge is 1.96. The molecule has 0 bridgehead atoms. The van der Waals surface area contributed by atoms with Crippen molar-refractivity contribution in [3.05, 3.63) is 84.1 Å². The number of benzene rings is 2. The van der Waals surface area contributed by atoms with Gasteiger partial charge in [-0.2, -0.15) is 0 Å². The summed E-state index contributed by atoms with van der Waals surface area (Å²) in [5.74, 6) is 0. The van der Waals surface area contributed by atoms with Gasteiger partial charge in [0.2, 0.25) is 0 Å². The fourth-order valence-corrected chi connectivity index (χ4v) is 2.46. The summed E-state index contributed by atoms with van der Waals surface area (Å²) in [6.45, 7) is 10.3. The Hall–Kier alpha value is -3.02. The quantitative estimate of drug-likeness (QED) is 0.314. The van der Waals surface area contributed by atoms with E-state index in [4.69, 9.17) is 0 Å². The van der Waals surface area contributed by atoms with Gasteiger partial charge in [-0.25, -0.2) is 0 Å². The molecule has 0 saturated heterocycles.